The predicted molar refractivity (Wildman–Crippen MR) is 43.9 cm³/mol. The molecular weight excluding hydrogens is 194 g/mol. The fourth-order valence-electron chi connectivity index (χ4n) is 0.771. The van der Waals surface area contributed by atoms with E-state index >= 15 is 0 Å². The third-order valence-corrected chi connectivity index (χ3v) is 2.19. The molecule has 0 amide bonds. The highest BCUT2D eigenvalue weighted by molar-refractivity contribution is 9.10. The van der Waals surface area contributed by atoms with E-state index in [0.717, 1.165) is 10.2 Å². The summed E-state index contributed by atoms with van der Waals surface area (Å²) in [4.78, 5) is 0. The second-order valence-corrected chi connectivity index (χ2v) is 2.88. The molecule has 1 atom stereocenters. The molecule has 2 nitrogen and oxygen atoms in total. The van der Waals surface area contributed by atoms with E-state index in [4.69, 9.17) is 4.42 Å². The van der Waals surface area contributed by atoms with E-state index in [1.54, 1.807) is 6.26 Å². The van der Waals surface area contributed by atoms with E-state index in [9.17, 15) is 0 Å². The lowest BCUT2D eigenvalue weighted by Crippen LogP contribution is -2.11. The molecule has 0 saturated heterocycles. The Kier molecular flexibility index (Phi) is 2.51. The highest BCUT2D eigenvalue weighted by atomic mass is 79.9. The van der Waals surface area contributed by atoms with Crippen molar-refractivity contribution in [2.45, 2.75) is 13.0 Å². The maximum atomic E-state index is 5.06. The standard InChI is InChI=1S/C7H10BrNO/c1-5(9-2)6-3-4-10-7(6)8/h3-5,9H,1-2H3. The number of hydrogen-bond donors (Lipinski definition) is 1. The molecule has 0 spiro atoms. The summed E-state index contributed by atoms with van der Waals surface area (Å²) in [5.41, 5.74) is 1.16. The van der Waals surface area contributed by atoms with Crippen molar-refractivity contribution in [3.05, 3.63) is 22.6 Å². The summed E-state index contributed by atoms with van der Waals surface area (Å²) in [6.07, 6.45) is 1.67. The number of hydrogen-bond acceptors (Lipinski definition) is 2. The quantitative estimate of drug-likeness (QED) is 0.799. The SMILES string of the molecule is CNC(C)c1ccoc1Br. The molecule has 1 N–H and O–H groups in total. The second kappa shape index (κ2) is 3.21. The van der Waals surface area contributed by atoms with Crippen molar-refractivity contribution in [2.75, 3.05) is 7.05 Å². The van der Waals surface area contributed by atoms with Gasteiger partial charge in [-0.15, -0.1) is 0 Å². The van der Waals surface area contributed by atoms with Crippen molar-refractivity contribution in [1.29, 1.82) is 0 Å². The fourth-order valence-corrected chi connectivity index (χ4v) is 1.35. The van der Waals surface area contributed by atoms with Crippen molar-refractivity contribution in [3.63, 3.8) is 0 Å². The van der Waals surface area contributed by atoms with E-state index in [1.807, 2.05) is 13.1 Å². The monoisotopic (exact) mass is 203 g/mol. The van der Waals surface area contributed by atoms with Gasteiger partial charge < -0.3 is 9.73 Å². The van der Waals surface area contributed by atoms with Crippen LogP contribution in [-0.2, 0) is 0 Å². The van der Waals surface area contributed by atoms with Crippen LogP contribution in [0.25, 0.3) is 0 Å². The Hall–Kier alpha value is -0.280. The van der Waals surface area contributed by atoms with Crippen LogP contribution in [0.15, 0.2) is 21.4 Å². The lowest BCUT2D eigenvalue weighted by Gasteiger charge is -2.06. The zero-order valence-corrected chi connectivity index (χ0v) is 7.60. The Bertz CT molecular complexity index is 209. The molecule has 0 saturated carbocycles. The van der Waals surface area contributed by atoms with Gasteiger partial charge in [0.25, 0.3) is 0 Å². The smallest absolute Gasteiger partial charge is 0.173 e. The summed E-state index contributed by atoms with van der Waals surface area (Å²) in [5, 5.41) is 3.12. The van der Waals surface area contributed by atoms with Crippen LogP contribution < -0.4 is 5.32 Å². The number of rotatable bonds is 2. The van der Waals surface area contributed by atoms with Gasteiger partial charge in [-0.3, -0.25) is 0 Å². The number of nitrogens with one attached hydrogen (secondary N) is 1. The third-order valence-electron chi connectivity index (χ3n) is 1.55. The van der Waals surface area contributed by atoms with Gasteiger partial charge in [-0.05, 0) is 36.0 Å². The van der Waals surface area contributed by atoms with E-state index in [0.29, 0.717) is 6.04 Å². The molecule has 0 aromatic carbocycles. The normalized spacial score (nSPS) is 13.5. The Morgan fingerprint density at radius 1 is 1.70 bits per heavy atom. The maximum absolute atomic E-state index is 5.06. The number of furan rings is 1. The summed E-state index contributed by atoms with van der Waals surface area (Å²) >= 11 is 3.30. The topological polar surface area (TPSA) is 25.2 Å². The van der Waals surface area contributed by atoms with E-state index in [1.165, 1.54) is 0 Å². The molecule has 3 heteroatoms. The highest BCUT2D eigenvalue weighted by Gasteiger charge is 2.08. The van der Waals surface area contributed by atoms with Gasteiger partial charge in [0.05, 0.1) is 6.26 Å². The first-order valence-electron chi connectivity index (χ1n) is 3.16. The van der Waals surface area contributed by atoms with E-state index in [-0.39, 0.29) is 0 Å². The minimum absolute atomic E-state index is 0.341. The van der Waals surface area contributed by atoms with Gasteiger partial charge in [-0.1, -0.05) is 0 Å². The van der Waals surface area contributed by atoms with Crippen molar-refractivity contribution < 1.29 is 4.42 Å². The molecule has 0 aliphatic rings. The summed E-state index contributed by atoms with van der Waals surface area (Å²) in [6.45, 7) is 2.08. The van der Waals surface area contributed by atoms with Crippen LogP contribution in [0.4, 0.5) is 0 Å². The molecule has 0 aliphatic heterocycles. The minimum atomic E-state index is 0.341. The summed E-state index contributed by atoms with van der Waals surface area (Å²) < 4.78 is 5.88. The van der Waals surface area contributed by atoms with Crippen LogP contribution in [0.3, 0.4) is 0 Å². The molecule has 56 valence electrons. The maximum Gasteiger partial charge on any atom is 0.173 e. The second-order valence-electron chi connectivity index (χ2n) is 2.16. The Labute approximate surface area is 68.7 Å². The Morgan fingerprint density at radius 2 is 2.40 bits per heavy atom. The van der Waals surface area contributed by atoms with Crippen LogP contribution >= 0.6 is 15.9 Å². The minimum Gasteiger partial charge on any atom is -0.457 e. The first-order valence-corrected chi connectivity index (χ1v) is 3.95. The molecular formula is C7H10BrNO. The first kappa shape index (κ1) is 7.82. The summed E-state index contributed by atoms with van der Waals surface area (Å²) in [6, 6.07) is 2.29. The summed E-state index contributed by atoms with van der Waals surface area (Å²) in [7, 11) is 1.92. The number of halogens is 1. The molecule has 1 heterocycles. The van der Waals surface area contributed by atoms with Gasteiger partial charge in [0.15, 0.2) is 4.67 Å². The Balaban J connectivity index is 2.82. The van der Waals surface area contributed by atoms with Crippen LogP contribution in [0.5, 0.6) is 0 Å². The van der Waals surface area contributed by atoms with Gasteiger partial charge in [0.1, 0.15) is 0 Å². The van der Waals surface area contributed by atoms with Crippen LogP contribution in [0.2, 0.25) is 0 Å². The van der Waals surface area contributed by atoms with Gasteiger partial charge in [-0.2, -0.15) is 0 Å². The molecule has 0 bridgehead atoms. The molecule has 10 heavy (non-hydrogen) atoms. The van der Waals surface area contributed by atoms with Crippen molar-refractivity contribution in [3.8, 4) is 0 Å². The highest BCUT2D eigenvalue weighted by Crippen LogP contribution is 2.23. The molecule has 1 aromatic heterocycles. The largest absolute Gasteiger partial charge is 0.457 e. The van der Waals surface area contributed by atoms with Gasteiger partial charge in [0.2, 0.25) is 0 Å². The zero-order chi connectivity index (χ0) is 7.56. The molecule has 0 radical (unpaired) electrons. The van der Waals surface area contributed by atoms with Crippen LogP contribution in [0.1, 0.15) is 18.5 Å². The van der Waals surface area contributed by atoms with Crippen LogP contribution in [-0.4, -0.2) is 7.05 Å². The lowest BCUT2D eigenvalue weighted by molar-refractivity contribution is 0.527. The van der Waals surface area contributed by atoms with Gasteiger partial charge in [-0.25, -0.2) is 0 Å². The Morgan fingerprint density at radius 3 is 2.80 bits per heavy atom. The van der Waals surface area contributed by atoms with E-state index in [2.05, 4.69) is 28.2 Å². The van der Waals surface area contributed by atoms with Gasteiger partial charge >= 0.3 is 0 Å². The van der Waals surface area contributed by atoms with E-state index < -0.39 is 0 Å². The molecule has 1 aromatic rings. The van der Waals surface area contributed by atoms with Crippen molar-refractivity contribution in [2.24, 2.45) is 0 Å². The first-order chi connectivity index (χ1) is 4.75. The molecule has 1 rings (SSSR count). The summed E-state index contributed by atoms with van der Waals surface area (Å²) in [5.74, 6) is 0. The molecule has 0 aliphatic carbocycles. The van der Waals surface area contributed by atoms with Crippen molar-refractivity contribution in [1.82, 2.24) is 5.32 Å². The zero-order valence-electron chi connectivity index (χ0n) is 6.02. The molecule has 1 unspecified atom stereocenters. The predicted octanol–water partition coefficient (Wildman–Crippen LogP) is 2.32. The average Bonchev–Trinajstić information content (AvgIpc) is 2.34. The van der Waals surface area contributed by atoms with Gasteiger partial charge in [0, 0.05) is 11.6 Å². The lowest BCUT2D eigenvalue weighted by atomic mass is 10.2. The third kappa shape index (κ3) is 1.41. The van der Waals surface area contributed by atoms with Crippen molar-refractivity contribution >= 4 is 15.9 Å². The molecule has 0 fully saturated rings. The fraction of sp³-hybridized carbons (Fsp3) is 0.429. The van der Waals surface area contributed by atoms with Crippen LogP contribution in [0, 0.1) is 0 Å². The average molecular weight is 204 g/mol.